The number of nitrogens with zero attached hydrogens (tertiary/aromatic N) is 2. The molecule has 2 heterocycles. The van der Waals surface area contributed by atoms with Crippen LogP contribution in [0.15, 0.2) is 18.2 Å². The number of aryl methyl sites for hydroxylation is 1. The molecule has 0 fully saturated rings. The molecule has 1 unspecified atom stereocenters. The average molecular weight is 384 g/mol. The maximum atomic E-state index is 6.25. The van der Waals surface area contributed by atoms with E-state index in [0.29, 0.717) is 5.82 Å². The van der Waals surface area contributed by atoms with Gasteiger partial charge in [-0.2, -0.15) is 0 Å². The van der Waals surface area contributed by atoms with E-state index in [1.165, 1.54) is 62.6 Å². The number of nitrogen functional groups attached to an aromatic ring is 1. The van der Waals surface area contributed by atoms with Gasteiger partial charge in [0.25, 0.3) is 0 Å². The van der Waals surface area contributed by atoms with Crippen LogP contribution >= 0.6 is 0 Å². The quantitative estimate of drug-likeness (QED) is 0.464. The molecule has 1 aliphatic heterocycles. The van der Waals surface area contributed by atoms with Crippen molar-refractivity contribution in [2.24, 2.45) is 0 Å². The van der Waals surface area contributed by atoms with E-state index in [0.717, 1.165) is 29.7 Å². The minimum atomic E-state index is 0.259. The Balaban J connectivity index is 1.60. The molecule has 154 valence electrons. The number of nitrogens with two attached hydrogens (primary N) is 1. The maximum absolute atomic E-state index is 6.25. The molecule has 28 heavy (non-hydrogen) atoms. The monoisotopic (exact) mass is 383 g/mol. The van der Waals surface area contributed by atoms with Crippen molar-refractivity contribution in [3.8, 4) is 0 Å². The number of pyridine rings is 1. The highest BCUT2D eigenvalue weighted by Crippen LogP contribution is 2.40. The van der Waals surface area contributed by atoms with Crippen molar-refractivity contribution in [3.63, 3.8) is 0 Å². The smallest absolute Gasteiger partial charge is 0.149 e. The van der Waals surface area contributed by atoms with Gasteiger partial charge >= 0.3 is 0 Å². The van der Waals surface area contributed by atoms with Gasteiger partial charge in [-0.1, -0.05) is 38.8 Å². The van der Waals surface area contributed by atoms with Crippen molar-refractivity contribution in [3.05, 3.63) is 23.8 Å². The van der Waals surface area contributed by atoms with Crippen LogP contribution in [-0.4, -0.2) is 36.2 Å². The molecule has 0 bridgehead atoms. The summed E-state index contributed by atoms with van der Waals surface area (Å²) in [6.45, 7) is 6.86. The van der Waals surface area contributed by atoms with Crippen molar-refractivity contribution in [1.29, 1.82) is 0 Å². The molecule has 4 N–H and O–H groups in total. The van der Waals surface area contributed by atoms with Gasteiger partial charge in [0.2, 0.25) is 0 Å². The number of aromatic nitrogens is 1. The zero-order chi connectivity index (χ0) is 19.9. The number of benzene rings is 1. The summed E-state index contributed by atoms with van der Waals surface area (Å²) in [7, 11) is 2.22. The van der Waals surface area contributed by atoms with Crippen LogP contribution in [0.2, 0.25) is 0 Å². The second kappa shape index (κ2) is 9.97. The van der Waals surface area contributed by atoms with Crippen LogP contribution in [0.1, 0.15) is 64.4 Å². The fourth-order valence-corrected chi connectivity index (χ4v) is 4.10. The van der Waals surface area contributed by atoms with Gasteiger partial charge in [0.05, 0.1) is 17.4 Å². The number of hydrogen-bond donors (Lipinski definition) is 3. The summed E-state index contributed by atoms with van der Waals surface area (Å²) in [5.41, 5.74) is 10.7. The lowest BCUT2D eigenvalue weighted by Gasteiger charge is -2.14. The summed E-state index contributed by atoms with van der Waals surface area (Å²) >= 11 is 0. The molecule has 3 rings (SSSR count). The molecular formula is C23H37N5. The summed E-state index contributed by atoms with van der Waals surface area (Å²) < 4.78 is 0. The first kappa shape index (κ1) is 20.7. The summed E-state index contributed by atoms with van der Waals surface area (Å²) in [5.74, 6) is 0.602. The highest BCUT2D eigenvalue weighted by atomic mass is 15.2. The lowest BCUT2D eigenvalue weighted by atomic mass is 10.0. The Morgan fingerprint density at radius 2 is 1.82 bits per heavy atom. The predicted octanol–water partition coefficient (Wildman–Crippen LogP) is 5.23. The Morgan fingerprint density at radius 1 is 1.00 bits per heavy atom. The SMILES string of the molecule is CCCCC1Nc2c(N)nc3cc(CCCCCN(C)CCC)ccc3c2N1. The van der Waals surface area contributed by atoms with E-state index in [2.05, 4.69) is 59.6 Å². The van der Waals surface area contributed by atoms with E-state index in [9.17, 15) is 0 Å². The number of hydrogen-bond acceptors (Lipinski definition) is 5. The molecule has 0 spiro atoms. The highest BCUT2D eigenvalue weighted by molar-refractivity contribution is 6.03. The maximum Gasteiger partial charge on any atom is 0.149 e. The lowest BCUT2D eigenvalue weighted by Crippen LogP contribution is -2.21. The van der Waals surface area contributed by atoms with E-state index >= 15 is 0 Å². The number of nitrogens with one attached hydrogen (secondary N) is 2. The molecule has 0 aliphatic carbocycles. The summed E-state index contributed by atoms with van der Waals surface area (Å²) in [5, 5.41) is 8.29. The van der Waals surface area contributed by atoms with Crippen LogP contribution in [0.5, 0.6) is 0 Å². The average Bonchev–Trinajstić information content (AvgIpc) is 3.11. The number of anilines is 3. The minimum Gasteiger partial charge on any atom is -0.382 e. The van der Waals surface area contributed by atoms with E-state index in [1.807, 2.05) is 0 Å². The molecule has 1 aromatic carbocycles. The van der Waals surface area contributed by atoms with Crippen LogP contribution in [0, 0.1) is 0 Å². The van der Waals surface area contributed by atoms with Gasteiger partial charge in [-0.25, -0.2) is 4.98 Å². The van der Waals surface area contributed by atoms with Crippen LogP contribution in [0.4, 0.5) is 17.2 Å². The first-order chi connectivity index (χ1) is 13.6. The van der Waals surface area contributed by atoms with E-state index in [-0.39, 0.29) is 6.17 Å². The molecule has 5 heteroatoms. The van der Waals surface area contributed by atoms with Crippen LogP contribution in [0.25, 0.3) is 10.9 Å². The van der Waals surface area contributed by atoms with Crippen molar-refractivity contribution < 1.29 is 0 Å². The first-order valence-corrected chi connectivity index (χ1v) is 11.1. The van der Waals surface area contributed by atoms with E-state index in [1.54, 1.807) is 0 Å². The minimum absolute atomic E-state index is 0.259. The molecule has 1 atom stereocenters. The van der Waals surface area contributed by atoms with Gasteiger partial charge < -0.3 is 21.3 Å². The fourth-order valence-electron chi connectivity index (χ4n) is 4.10. The Kier molecular flexibility index (Phi) is 7.37. The van der Waals surface area contributed by atoms with Crippen molar-refractivity contribution in [1.82, 2.24) is 9.88 Å². The van der Waals surface area contributed by atoms with Crippen molar-refractivity contribution in [2.75, 3.05) is 36.5 Å². The van der Waals surface area contributed by atoms with Crippen molar-refractivity contribution >= 4 is 28.1 Å². The Labute approximate surface area is 170 Å². The molecule has 0 radical (unpaired) electrons. The predicted molar refractivity (Wildman–Crippen MR) is 122 cm³/mol. The molecule has 1 aromatic heterocycles. The van der Waals surface area contributed by atoms with Gasteiger partial charge in [-0.05, 0) is 70.3 Å². The van der Waals surface area contributed by atoms with Crippen LogP contribution in [0.3, 0.4) is 0 Å². The van der Waals surface area contributed by atoms with Gasteiger partial charge in [0, 0.05) is 5.39 Å². The third-order valence-corrected chi connectivity index (χ3v) is 5.67. The number of unbranched alkanes of at least 4 members (excludes halogenated alkanes) is 3. The lowest BCUT2D eigenvalue weighted by molar-refractivity contribution is 0.325. The van der Waals surface area contributed by atoms with Gasteiger partial charge in [0.1, 0.15) is 11.5 Å². The molecule has 2 aromatic rings. The third kappa shape index (κ3) is 5.07. The Morgan fingerprint density at radius 3 is 2.61 bits per heavy atom. The van der Waals surface area contributed by atoms with E-state index < -0.39 is 0 Å². The largest absolute Gasteiger partial charge is 0.382 e. The second-order valence-electron chi connectivity index (χ2n) is 8.20. The Bertz CT molecular complexity index is 773. The normalized spacial score (nSPS) is 15.6. The summed E-state index contributed by atoms with van der Waals surface area (Å²) in [4.78, 5) is 7.11. The molecule has 0 saturated carbocycles. The van der Waals surface area contributed by atoms with Gasteiger partial charge in [-0.15, -0.1) is 0 Å². The topological polar surface area (TPSA) is 66.2 Å². The zero-order valence-electron chi connectivity index (χ0n) is 17.9. The molecule has 0 saturated heterocycles. The Hall–Kier alpha value is -2.01. The fraction of sp³-hybridized carbons (Fsp3) is 0.609. The summed E-state index contributed by atoms with van der Waals surface area (Å²) in [6.07, 6.45) is 9.87. The molecule has 0 amide bonds. The van der Waals surface area contributed by atoms with E-state index in [4.69, 9.17) is 5.73 Å². The van der Waals surface area contributed by atoms with Crippen molar-refractivity contribution in [2.45, 2.75) is 71.4 Å². The van der Waals surface area contributed by atoms with Gasteiger partial charge in [0.15, 0.2) is 0 Å². The molecule has 1 aliphatic rings. The third-order valence-electron chi connectivity index (χ3n) is 5.67. The first-order valence-electron chi connectivity index (χ1n) is 11.1. The number of rotatable bonds is 11. The standard InChI is InChI=1S/C23H37N5/c1-4-6-11-20-26-21-18-13-12-17(10-8-7-9-15-28(3)14-5-2)16-19(18)25-23(24)22(21)27-20/h12-13,16,20,26-27H,4-11,14-15H2,1-3H3,(H2,24,25). The summed E-state index contributed by atoms with van der Waals surface area (Å²) in [6, 6.07) is 6.68. The highest BCUT2D eigenvalue weighted by Gasteiger charge is 2.24. The van der Waals surface area contributed by atoms with Crippen LogP contribution in [-0.2, 0) is 6.42 Å². The zero-order valence-corrected chi connectivity index (χ0v) is 17.9. The van der Waals surface area contributed by atoms with Crippen LogP contribution < -0.4 is 16.4 Å². The number of fused-ring (bicyclic) bond motifs is 3. The molecule has 5 nitrogen and oxygen atoms in total. The molecular weight excluding hydrogens is 346 g/mol. The van der Waals surface area contributed by atoms with Gasteiger partial charge in [-0.3, -0.25) is 0 Å². The second-order valence-corrected chi connectivity index (χ2v) is 8.20.